The summed E-state index contributed by atoms with van der Waals surface area (Å²) in [6.07, 6.45) is 60.1. The lowest BCUT2D eigenvalue weighted by atomic mass is 9.89. The van der Waals surface area contributed by atoms with Gasteiger partial charge in [0.2, 0.25) is 0 Å². The minimum Gasteiger partial charge on any atom is -0.0654 e. The SMILES string of the molecule is [CH2]CCCCCC(CCCCCCCCCCCCCCCCC)CCCCCCCCCCCCCCCCCCCCC. The largest absolute Gasteiger partial charge is 0.0654 e. The number of unbranched alkanes of at least 4 members (excludes halogenated alkanes) is 35. The molecular formula is C45H91. The lowest BCUT2D eigenvalue weighted by molar-refractivity contribution is 0.366. The van der Waals surface area contributed by atoms with Gasteiger partial charge in [-0.15, -0.1) is 0 Å². The first kappa shape index (κ1) is 45.0. The van der Waals surface area contributed by atoms with Crippen LogP contribution in [0.4, 0.5) is 0 Å². The van der Waals surface area contributed by atoms with Gasteiger partial charge in [0.1, 0.15) is 0 Å². The van der Waals surface area contributed by atoms with Crippen molar-refractivity contribution < 1.29 is 0 Å². The van der Waals surface area contributed by atoms with E-state index in [1.165, 1.54) is 257 Å². The van der Waals surface area contributed by atoms with E-state index in [1.807, 2.05) is 0 Å². The molecule has 0 aromatic rings. The summed E-state index contributed by atoms with van der Waals surface area (Å²) >= 11 is 0. The molecule has 0 bridgehead atoms. The van der Waals surface area contributed by atoms with E-state index in [9.17, 15) is 0 Å². The van der Waals surface area contributed by atoms with Gasteiger partial charge in [0, 0.05) is 0 Å². The molecule has 0 saturated heterocycles. The molecular weight excluding hydrogens is 540 g/mol. The van der Waals surface area contributed by atoms with Crippen LogP contribution < -0.4 is 0 Å². The van der Waals surface area contributed by atoms with Crippen LogP contribution in [0, 0.1) is 12.8 Å². The third kappa shape index (κ3) is 40.1. The third-order valence-corrected chi connectivity index (χ3v) is 10.8. The maximum absolute atomic E-state index is 4.06. The second-order valence-electron chi connectivity index (χ2n) is 15.5. The van der Waals surface area contributed by atoms with Gasteiger partial charge in [-0.2, -0.15) is 0 Å². The summed E-state index contributed by atoms with van der Waals surface area (Å²) in [5.74, 6) is 1.02. The Hall–Kier alpha value is 0. The lowest BCUT2D eigenvalue weighted by Gasteiger charge is -2.17. The summed E-state index contributed by atoms with van der Waals surface area (Å²) in [5, 5.41) is 0. The summed E-state index contributed by atoms with van der Waals surface area (Å²) in [6.45, 7) is 8.68. The first-order valence-corrected chi connectivity index (χ1v) is 22.1. The molecule has 0 spiro atoms. The van der Waals surface area contributed by atoms with Gasteiger partial charge in [0.05, 0.1) is 0 Å². The first-order valence-electron chi connectivity index (χ1n) is 22.1. The van der Waals surface area contributed by atoms with Gasteiger partial charge in [-0.1, -0.05) is 284 Å². The van der Waals surface area contributed by atoms with E-state index >= 15 is 0 Å². The Balaban J connectivity index is 3.57. The van der Waals surface area contributed by atoms with Crippen LogP contribution in [0.25, 0.3) is 0 Å². The molecule has 0 aromatic heterocycles. The summed E-state index contributed by atoms with van der Waals surface area (Å²) < 4.78 is 0. The van der Waals surface area contributed by atoms with Crippen molar-refractivity contribution in [1.82, 2.24) is 0 Å². The summed E-state index contributed by atoms with van der Waals surface area (Å²) in [5.41, 5.74) is 0. The number of hydrogen-bond acceptors (Lipinski definition) is 0. The highest BCUT2D eigenvalue weighted by atomic mass is 14.1. The van der Waals surface area contributed by atoms with Crippen LogP contribution in [0.3, 0.4) is 0 Å². The molecule has 0 fully saturated rings. The van der Waals surface area contributed by atoms with Crippen LogP contribution in [-0.4, -0.2) is 0 Å². The van der Waals surface area contributed by atoms with Crippen molar-refractivity contribution in [1.29, 1.82) is 0 Å². The van der Waals surface area contributed by atoms with Crippen molar-refractivity contribution in [3.8, 4) is 0 Å². The number of hydrogen-bond donors (Lipinski definition) is 0. The molecule has 0 heterocycles. The quantitative estimate of drug-likeness (QED) is 0.0589. The minimum absolute atomic E-state index is 1.02. The fourth-order valence-electron chi connectivity index (χ4n) is 7.54. The van der Waals surface area contributed by atoms with Gasteiger partial charge in [-0.3, -0.25) is 0 Å². The highest BCUT2D eigenvalue weighted by Crippen LogP contribution is 2.25. The maximum atomic E-state index is 4.06. The van der Waals surface area contributed by atoms with Gasteiger partial charge in [-0.25, -0.2) is 0 Å². The maximum Gasteiger partial charge on any atom is -0.0414 e. The molecule has 0 saturated carbocycles. The molecule has 0 amide bonds. The second kappa shape index (κ2) is 42.0. The highest BCUT2D eigenvalue weighted by Gasteiger charge is 2.09. The topological polar surface area (TPSA) is 0 Å². The summed E-state index contributed by atoms with van der Waals surface area (Å²) in [6, 6.07) is 0. The Morgan fingerprint density at radius 1 is 0.244 bits per heavy atom. The molecule has 1 atom stereocenters. The van der Waals surface area contributed by atoms with E-state index in [0.717, 1.165) is 12.3 Å². The van der Waals surface area contributed by atoms with Gasteiger partial charge in [-0.05, 0) is 5.92 Å². The fraction of sp³-hybridized carbons (Fsp3) is 0.978. The molecule has 45 heavy (non-hydrogen) atoms. The molecule has 1 unspecified atom stereocenters. The van der Waals surface area contributed by atoms with E-state index in [0.29, 0.717) is 0 Å². The molecule has 0 aromatic carbocycles. The summed E-state index contributed by atoms with van der Waals surface area (Å²) in [4.78, 5) is 0. The Morgan fingerprint density at radius 2 is 0.422 bits per heavy atom. The fourth-order valence-corrected chi connectivity index (χ4v) is 7.54. The standard InChI is InChI=1S/C45H91/c1-4-7-10-13-15-17-19-21-23-24-25-26-28-30-32-34-36-38-41-44-45(42-39-12-9-6-3)43-40-37-35-33-31-29-27-22-20-18-16-14-11-8-5-2/h45H,3-44H2,1-2H3. The van der Waals surface area contributed by atoms with Crippen molar-refractivity contribution in [3.05, 3.63) is 6.92 Å². The van der Waals surface area contributed by atoms with Crippen LogP contribution in [-0.2, 0) is 0 Å². The van der Waals surface area contributed by atoms with Crippen molar-refractivity contribution >= 4 is 0 Å². The zero-order valence-electron chi connectivity index (χ0n) is 32.3. The summed E-state index contributed by atoms with van der Waals surface area (Å²) in [7, 11) is 0. The predicted octanol–water partition coefficient (Wildman–Crippen LogP) is 17.5. The molecule has 0 aliphatic carbocycles. The Kier molecular flexibility index (Phi) is 42.0. The molecule has 0 heteroatoms. The van der Waals surface area contributed by atoms with Crippen LogP contribution in [0.2, 0.25) is 0 Å². The molecule has 0 N–H and O–H groups in total. The minimum atomic E-state index is 1.02. The van der Waals surface area contributed by atoms with E-state index in [2.05, 4.69) is 20.8 Å². The molecule has 0 nitrogen and oxygen atoms in total. The van der Waals surface area contributed by atoms with Gasteiger partial charge in [0.25, 0.3) is 0 Å². The van der Waals surface area contributed by atoms with Gasteiger partial charge in [0.15, 0.2) is 0 Å². The van der Waals surface area contributed by atoms with Crippen LogP contribution >= 0.6 is 0 Å². The van der Waals surface area contributed by atoms with E-state index in [1.54, 1.807) is 0 Å². The highest BCUT2D eigenvalue weighted by molar-refractivity contribution is 4.62. The van der Waals surface area contributed by atoms with E-state index in [4.69, 9.17) is 0 Å². The van der Waals surface area contributed by atoms with Crippen molar-refractivity contribution in [2.24, 2.45) is 5.92 Å². The number of rotatable bonds is 41. The average molecular weight is 632 g/mol. The smallest absolute Gasteiger partial charge is 0.0414 e. The van der Waals surface area contributed by atoms with Crippen molar-refractivity contribution in [2.75, 3.05) is 0 Å². The van der Waals surface area contributed by atoms with Crippen molar-refractivity contribution in [3.63, 3.8) is 0 Å². The normalized spacial score (nSPS) is 12.3. The monoisotopic (exact) mass is 632 g/mol. The predicted molar refractivity (Wildman–Crippen MR) is 209 cm³/mol. The van der Waals surface area contributed by atoms with Crippen molar-refractivity contribution in [2.45, 2.75) is 277 Å². The molecule has 0 rings (SSSR count). The van der Waals surface area contributed by atoms with E-state index in [-0.39, 0.29) is 0 Å². The second-order valence-corrected chi connectivity index (χ2v) is 15.5. The Morgan fingerprint density at radius 3 is 0.622 bits per heavy atom. The third-order valence-electron chi connectivity index (χ3n) is 10.8. The first-order chi connectivity index (χ1) is 22.3. The van der Waals surface area contributed by atoms with E-state index < -0.39 is 0 Å². The average Bonchev–Trinajstić information content (AvgIpc) is 3.05. The molecule has 0 aliphatic heterocycles. The van der Waals surface area contributed by atoms with Crippen LogP contribution in [0.1, 0.15) is 277 Å². The lowest BCUT2D eigenvalue weighted by Crippen LogP contribution is -2.01. The molecule has 271 valence electrons. The van der Waals surface area contributed by atoms with Gasteiger partial charge >= 0.3 is 0 Å². The zero-order chi connectivity index (χ0) is 32.6. The van der Waals surface area contributed by atoms with Crippen LogP contribution in [0.15, 0.2) is 0 Å². The van der Waals surface area contributed by atoms with Gasteiger partial charge < -0.3 is 0 Å². The molecule has 0 aliphatic rings. The Labute approximate surface area is 289 Å². The van der Waals surface area contributed by atoms with Crippen LogP contribution in [0.5, 0.6) is 0 Å². The zero-order valence-corrected chi connectivity index (χ0v) is 32.3. The molecule has 1 radical (unpaired) electrons. The Bertz CT molecular complexity index is 480.